The highest BCUT2D eigenvalue weighted by atomic mass is 16.5. The summed E-state index contributed by atoms with van der Waals surface area (Å²) in [5.41, 5.74) is 0. The first-order chi connectivity index (χ1) is 9.63. The number of piperazine rings is 1. The molecular weight excluding hydrogens is 262 g/mol. The largest absolute Gasteiger partial charge is 0.480 e. The van der Waals surface area contributed by atoms with Crippen LogP contribution in [0.1, 0.15) is 12.8 Å². The molecule has 2 rings (SSSR count). The van der Waals surface area contributed by atoms with Gasteiger partial charge in [-0.15, -0.1) is 0 Å². The van der Waals surface area contributed by atoms with Crippen molar-refractivity contribution in [3.8, 4) is 0 Å². The summed E-state index contributed by atoms with van der Waals surface area (Å²) in [4.78, 5) is 26.5. The van der Waals surface area contributed by atoms with Crippen LogP contribution in [-0.2, 0) is 14.3 Å². The Labute approximate surface area is 118 Å². The molecule has 0 radical (unpaired) electrons. The molecule has 0 aliphatic carbocycles. The Kier molecular flexibility index (Phi) is 5.75. The lowest BCUT2D eigenvalue weighted by atomic mass is 10.1. The quantitative estimate of drug-likeness (QED) is 0.673. The van der Waals surface area contributed by atoms with E-state index in [-0.39, 0.29) is 18.5 Å². The predicted molar refractivity (Wildman–Crippen MR) is 72.5 cm³/mol. The molecule has 7 heteroatoms. The fourth-order valence-electron chi connectivity index (χ4n) is 2.62. The second kappa shape index (κ2) is 7.56. The van der Waals surface area contributed by atoms with Gasteiger partial charge >= 0.3 is 5.97 Å². The molecule has 0 aromatic rings. The number of hydrogen-bond donors (Lipinski definition) is 2. The Morgan fingerprint density at radius 1 is 1.05 bits per heavy atom. The molecule has 2 aliphatic rings. The van der Waals surface area contributed by atoms with E-state index in [9.17, 15) is 9.59 Å². The van der Waals surface area contributed by atoms with Crippen molar-refractivity contribution in [3.63, 3.8) is 0 Å². The minimum atomic E-state index is -0.796. The summed E-state index contributed by atoms with van der Waals surface area (Å²) in [7, 11) is 0. The highest BCUT2D eigenvalue weighted by Crippen LogP contribution is 2.06. The molecule has 0 aromatic heterocycles. The van der Waals surface area contributed by atoms with Crippen LogP contribution in [0.15, 0.2) is 0 Å². The van der Waals surface area contributed by atoms with Gasteiger partial charge in [-0.3, -0.25) is 19.4 Å². The molecule has 2 saturated heterocycles. The molecule has 1 amide bonds. The van der Waals surface area contributed by atoms with Crippen LogP contribution in [0.3, 0.4) is 0 Å². The zero-order valence-corrected chi connectivity index (χ0v) is 11.7. The predicted octanol–water partition coefficient (Wildman–Crippen LogP) is -1.02. The maximum absolute atomic E-state index is 11.9. The number of nitrogens with zero attached hydrogens (tertiary/aromatic N) is 2. The van der Waals surface area contributed by atoms with Crippen molar-refractivity contribution in [2.45, 2.75) is 18.9 Å². The first kappa shape index (κ1) is 15.2. The molecule has 7 nitrogen and oxygen atoms in total. The normalized spacial score (nSPS) is 22.6. The third-order valence-electron chi connectivity index (χ3n) is 3.78. The summed E-state index contributed by atoms with van der Waals surface area (Å²) in [6, 6.07) is 0.240. The van der Waals surface area contributed by atoms with E-state index in [2.05, 4.69) is 10.2 Å². The summed E-state index contributed by atoms with van der Waals surface area (Å²) in [6.07, 6.45) is 1.77. The van der Waals surface area contributed by atoms with Gasteiger partial charge in [-0.1, -0.05) is 0 Å². The highest BCUT2D eigenvalue weighted by Gasteiger charge is 2.22. The molecule has 20 heavy (non-hydrogen) atoms. The molecule has 0 saturated carbocycles. The summed E-state index contributed by atoms with van der Waals surface area (Å²) in [5.74, 6) is -0.737. The third-order valence-corrected chi connectivity index (χ3v) is 3.78. The molecule has 0 atom stereocenters. The van der Waals surface area contributed by atoms with Gasteiger partial charge in [0.15, 0.2) is 0 Å². The maximum atomic E-state index is 11.9. The summed E-state index contributed by atoms with van der Waals surface area (Å²) in [6.45, 7) is 4.83. The average molecular weight is 285 g/mol. The minimum absolute atomic E-state index is 0.0589. The van der Waals surface area contributed by atoms with Gasteiger partial charge < -0.3 is 15.2 Å². The van der Waals surface area contributed by atoms with E-state index in [1.807, 2.05) is 4.90 Å². The van der Waals surface area contributed by atoms with E-state index in [4.69, 9.17) is 9.84 Å². The topological polar surface area (TPSA) is 82.1 Å². The fraction of sp³-hybridized carbons (Fsp3) is 0.846. The molecule has 2 N–H and O–H groups in total. The number of hydrogen-bond acceptors (Lipinski definition) is 5. The second-order valence-electron chi connectivity index (χ2n) is 5.40. The number of nitrogens with one attached hydrogen (secondary N) is 1. The van der Waals surface area contributed by atoms with Gasteiger partial charge in [0.25, 0.3) is 0 Å². The standard InChI is InChI=1S/C13H23N3O4/c17-12(14-11-1-7-20-8-2-11)9-15-3-5-16(6-4-15)10-13(18)19/h11H,1-10H2,(H,14,17)(H,18,19). The Balaban J connectivity index is 1.64. The monoisotopic (exact) mass is 285 g/mol. The molecule has 0 spiro atoms. The van der Waals surface area contributed by atoms with E-state index in [1.54, 1.807) is 0 Å². The Morgan fingerprint density at radius 3 is 2.15 bits per heavy atom. The lowest BCUT2D eigenvalue weighted by Gasteiger charge is -2.33. The Hall–Kier alpha value is -1.18. The lowest BCUT2D eigenvalue weighted by Crippen LogP contribution is -2.51. The van der Waals surface area contributed by atoms with Crippen molar-refractivity contribution in [2.24, 2.45) is 0 Å². The highest BCUT2D eigenvalue weighted by molar-refractivity contribution is 5.78. The molecule has 0 bridgehead atoms. The van der Waals surface area contributed by atoms with Crippen molar-refractivity contribution in [1.82, 2.24) is 15.1 Å². The van der Waals surface area contributed by atoms with Crippen LogP contribution in [0, 0.1) is 0 Å². The van der Waals surface area contributed by atoms with E-state index in [0.29, 0.717) is 19.6 Å². The van der Waals surface area contributed by atoms with Crippen LogP contribution in [0.2, 0.25) is 0 Å². The van der Waals surface area contributed by atoms with Crippen LogP contribution in [-0.4, -0.2) is 85.3 Å². The first-order valence-electron chi connectivity index (χ1n) is 7.17. The number of carboxylic acids is 1. The molecule has 0 unspecified atom stereocenters. The van der Waals surface area contributed by atoms with Crippen molar-refractivity contribution in [2.75, 3.05) is 52.5 Å². The van der Waals surface area contributed by atoms with E-state index < -0.39 is 5.97 Å². The number of aliphatic carboxylic acids is 1. The van der Waals surface area contributed by atoms with Gasteiger partial charge in [-0.25, -0.2) is 0 Å². The summed E-state index contributed by atoms with van der Waals surface area (Å²) < 4.78 is 5.26. The maximum Gasteiger partial charge on any atom is 0.317 e. The SMILES string of the molecule is O=C(O)CN1CCN(CC(=O)NC2CCOCC2)CC1. The zero-order chi connectivity index (χ0) is 14.4. The third kappa shape index (κ3) is 5.07. The lowest BCUT2D eigenvalue weighted by molar-refractivity contribution is -0.139. The van der Waals surface area contributed by atoms with Gasteiger partial charge in [-0.05, 0) is 12.8 Å². The number of carboxylic acid groups (broad SMARTS) is 1. The van der Waals surface area contributed by atoms with E-state index in [1.165, 1.54) is 0 Å². The van der Waals surface area contributed by atoms with Crippen molar-refractivity contribution in [3.05, 3.63) is 0 Å². The van der Waals surface area contributed by atoms with Gasteiger partial charge in [-0.2, -0.15) is 0 Å². The van der Waals surface area contributed by atoms with Crippen LogP contribution >= 0.6 is 0 Å². The van der Waals surface area contributed by atoms with Crippen LogP contribution in [0.25, 0.3) is 0 Å². The molecule has 2 heterocycles. The van der Waals surface area contributed by atoms with Gasteiger partial charge in [0.2, 0.25) is 5.91 Å². The number of carbonyl (C=O) groups is 2. The number of rotatable bonds is 5. The van der Waals surface area contributed by atoms with Crippen molar-refractivity contribution < 1.29 is 19.4 Å². The average Bonchev–Trinajstić information content (AvgIpc) is 2.41. The smallest absolute Gasteiger partial charge is 0.317 e. The minimum Gasteiger partial charge on any atom is -0.480 e. The van der Waals surface area contributed by atoms with Crippen LogP contribution < -0.4 is 5.32 Å². The number of carbonyl (C=O) groups excluding carboxylic acids is 1. The summed E-state index contributed by atoms with van der Waals surface area (Å²) in [5, 5.41) is 11.8. The second-order valence-corrected chi connectivity index (χ2v) is 5.40. The molecule has 2 aliphatic heterocycles. The van der Waals surface area contributed by atoms with Crippen molar-refractivity contribution in [1.29, 1.82) is 0 Å². The molecule has 114 valence electrons. The molecular formula is C13H23N3O4. The van der Waals surface area contributed by atoms with Crippen LogP contribution in [0.4, 0.5) is 0 Å². The molecule has 0 aromatic carbocycles. The number of amides is 1. The van der Waals surface area contributed by atoms with E-state index >= 15 is 0 Å². The van der Waals surface area contributed by atoms with Crippen LogP contribution in [0.5, 0.6) is 0 Å². The Bertz CT molecular complexity index is 337. The van der Waals surface area contributed by atoms with Gasteiger partial charge in [0.05, 0.1) is 13.1 Å². The van der Waals surface area contributed by atoms with Gasteiger partial charge in [0.1, 0.15) is 0 Å². The van der Waals surface area contributed by atoms with E-state index in [0.717, 1.165) is 39.1 Å². The van der Waals surface area contributed by atoms with Gasteiger partial charge in [0, 0.05) is 45.4 Å². The first-order valence-corrected chi connectivity index (χ1v) is 7.17. The van der Waals surface area contributed by atoms with Crippen molar-refractivity contribution >= 4 is 11.9 Å². The summed E-state index contributed by atoms with van der Waals surface area (Å²) >= 11 is 0. The number of ether oxygens (including phenoxy) is 1. The zero-order valence-electron chi connectivity index (χ0n) is 11.7. The Morgan fingerprint density at radius 2 is 1.60 bits per heavy atom. The molecule has 2 fully saturated rings. The fourth-order valence-corrected chi connectivity index (χ4v) is 2.62.